The Morgan fingerprint density at radius 2 is 1.82 bits per heavy atom. The molecule has 1 aromatic carbocycles. The van der Waals surface area contributed by atoms with E-state index in [0.29, 0.717) is 11.5 Å². The molecule has 0 radical (unpaired) electrons. The van der Waals surface area contributed by atoms with E-state index in [2.05, 4.69) is 6.58 Å². The minimum atomic E-state index is -0.633. The minimum absolute atomic E-state index is 0.401. The van der Waals surface area contributed by atoms with Crippen molar-refractivity contribution in [1.29, 1.82) is 0 Å². The summed E-state index contributed by atoms with van der Waals surface area (Å²) in [4.78, 5) is 11.6. The van der Waals surface area contributed by atoms with Crippen LogP contribution < -0.4 is 9.47 Å². The smallest absolute Gasteiger partial charge is 0.497 e. The van der Waals surface area contributed by atoms with Gasteiger partial charge in [-0.05, 0) is 49.9 Å². The number of carbonyl (C=O) groups excluding carboxylic acids is 1. The van der Waals surface area contributed by atoms with Crippen molar-refractivity contribution >= 4 is 6.16 Å². The van der Waals surface area contributed by atoms with Gasteiger partial charge in [0.2, 0.25) is 6.10 Å². The molecule has 0 N–H and O–H groups in total. The largest absolute Gasteiger partial charge is 0.509 e. The molecule has 5 nitrogen and oxygen atoms in total. The van der Waals surface area contributed by atoms with E-state index in [-0.39, 0.29) is 0 Å². The summed E-state index contributed by atoms with van der Waals surface area (Å²) in [5.74, 6) is 1.77. The van der Waals surface area contributed by atoms with Crippen LogP contribution in [-0.4, -0.2) is 25.0 Å². The van der Waals surface area contributed by atoms with Gasteiger partial charge >= 0.3 is 6.16 Å². The lowest BCUT2D eigenvalue weighted by molar-refractivity contribution is -0.00267. The fourth-order valence-electron chi connectivity index (χ4n) is 3.17. The third-order valence-electron chi connectivity index (χ3n) is 4.28. The van der Waals surface area contributed by atoms with Crippen molar-refractivity contribution in [3.05, 3.63) is 36.6 Å². The number of methoxy groups -OCH3 is 1. The zero-order chi connectivity index (χ0) is 15.6. The van der Waals surface area contributed by atoms with Crippen molar-refractivity contribution < 1.29 is 23.7 Å². The summed E-state index contributed by atoms with van der Waals surface area (Å²) in [5, 5.41) is 0. The SMILES string of the molecule is C=C(Oc1ccc(OC)cc1)C1OC(=O)OC12CCCCC2. The summed E-state index contributed by atoms with van der Waals surface area (Å²) in [6, 6.07) is 7.18. The molecule has 1 unspecified atom stereocenters. The number of rotatable bonds is 4. The van der Waals surface area contributed by atoms with Gasteiger partial charge in [0.1, 0.15) is 17.3 Å². The molecule has 0 amide bonds. The second-order valence-electron chi connectivity index (χ2n) is 5.72. The molecule has 0 bridgehead atoms. The average Bonchev–Trinajstić information content (AvgIpc) is 2.84. The van der Waals surface area contributed by atoms with Crippen LogP contribution in [0.1, 0.15) is 32.1 Å². The van der Waals surface area contributed by atoms with Gasteiger partial charge in [0.15, 0.2) is 5.60 Å². The standard InChI is InChI=1S/C17H20O5/c1-12(20-14-8-6-13(19-2)7-9-14)15-17(22-16(18)21-15)10-4-3-5-11-17/h6-9,15H,1,3-5,10-11H2,2H3. The maximum Gasteiger partial charge on any atom is 0.509 e. The molecule has 1 aliphatic heterocycles. The zero-order valence-corrected chi connectivity index (χ0v) is 12.7. The van der Waals surface area contributed by atoms with Crippen LogP contribution in [0.25, 0.3) is 0 Å². The van der Waals surface area contributed by atoms with E-state index in [4.69, 9.17) is 18.9 Å². The number of carbonyl (C=O) groups is 1. The summed E-state index contributed by atoms with van der Waals surface area (Å²) >= 11 is 0. The Labute approximate surface area is 129 Å². The van der Waals surface area contributed by atoms with Crippen molar-refractivity contribution in [2.45, 2.75) is 43.8 Å². The second kappa shape index (κ2) is 5.91. The van der Waals surface area contributed by atoms with Gasteiger partial charge in [-0.2, -0.15) is 0 Å². The summed E-state index contributed by atoms with van der Waals surface area (Å²) in [7, 11) is 1.61. The number of cyclic esters (lactones) is 1. The van der Waals surface area contributed by atoms with E-state index < -0.39 is 17.9 Å². The Bertz CT molecular complexity index is 557. The van der Waals surface area contributed by atoms with E-state index in [9.17, 15) is 4.79 Å². The third kappa shape index (κ3) is 2.75. The molecule has 1 aromatic rings. The molecule has 1 atom stereocenters. The van der Waals surface area contributed by atoms with Crippen LogP contribution in [0.2, 0.25) is 0 Å². The number of hydrogen-bond acceptors (Lipinski definition) is 5. The van der Waals surface area contributed by atoms with Gasteiger partial charge in [-0.15, -0.1) is 0 Å². The highest BCUT2D eigenvalue weighted by molar-refractivity contribution is 5.64. The van der Waals surface area contributed by atoms with E-state index in [1.54, 1.807) is 31.4 Å². The Kier molecular flexibility index (Phi) is 3.96. The molecule has 22 heavy (non-hydrogen) atoms. The Hall–Kier alpha value is -2.17. The average molecular weight is 304 g/mol. The van der Waals surface area contributed by atoms with Gasteiger partial charge < -0.3 is 18.9 Å². The van der Waals surface area contributed by atoms with Crippen LogP contribution >= 0.6 is 0 Å². The van der Waals surface area contributed by atoms with Gasteiger partial charge in [-0.1, -0.05) is 13.0 Å². The minimum Gasteiger partial charge on any atom is -0.497 e. The molecule has 1 saturated heterocycles. The van der Waals surface area contributed by atoms with E-state index >= 15 is 0 Å². The molecule has 0 aromatic heterocycles. The van der Waals surface area contributed by atoms with Crippen LogP contribution in [0, 0.1) is 0 Å². The van der Waals surface area contributed by atoms with Gasteiger partial charge in [-0.3, -0.25) is 0 Å². The van der Waals surface area contributed by atoms with Gasteiger partial charge in [-0.25, -0.2) is 4.79 Å². The predicted molar refractivity (Wildman–Crippen MR) is 79.9 cm³/mol. The lowest BCUT2D eigenvalue weighted by atomic mass is 9.80. The van der Waals surface area contributed by atoms with Gasteiger partial charge in [0, 0.05) is 0 Å². The third-order valence-corrected chi connectivity index (χ3v) is 4.28. The first kappa shape index (κ1) is 14.8. The van der Waals surface area contributed by atoms with Gasteiger partial charge in [0.25, 0.3) is 0 Å². The fourth-order valence-corrected chi connectivity index (χ4v) is 3.17. The maximum absolute atomic E-state index is 11.6. The molecular weight excluding hydrogens is 284 g/mol. The van der Waals surface area contributed by atoms with Crippen molar-refractivity contribution in [2.24, 2.45) is 0 Å². The van der Waals surface area contributed by atoms with Crippen LogP contribution in [0.5, 0.6) is 11.5 Å². The molecule has 2 fully saturated rings. The molecule has 5 heteroatoms. The molecule has 3 rings (SSSR count). The van der Waals surface area contributed by atoms with Crippen molar-refractivity contribution in [2.75, 3.05) is 7.11 Å². The molecule has 2 aliphatic rings. The van der Waals surface area contributed by atoms with Crippen LogP contribution in [0.15, 0.2) is 36.6 Å². The lowest BCUT2D eigenvalue weighted by Crippen LogP contribution is -2.43. The second-order valence-corrected chi connectivity index (χ2v) is 5.72. The molecule has 118 valence electrons. The molecule has 1 aliphatic carbocycles. The number of hydrogen-bond donors (Lipinski definition) is 0. The Balaban J connectivity index is 1.73. The Morgan fingerprint density at radius 1 is 1.18 bits per heavy atom. The van der Waals surface area contributed by atoms with E-state index in [1.165, 1.54) is 0 Å². The van der Waals surface area contributed by atoms with Crippen LogP contribution in [-0.2, 0) is 9.47 Å². The van der Waals surface area contributed by atoms with E-state index in [1.807, 2.05) is 0 Å². The molecule has 1 saturated carbocycles. The number of benzene rings is 1. The first-order valence-corrected chi connectivity index (χ1v) is 7.53. The highest BCUT2D eigenvalue weighted by Crippen LogP contribution is 2.43. The molecular formula is C17H20O5. The van der Waals surface area contributed by atoms with Crippen LogP contribution in [0.3, 0.4) is 0 Å². The number of ether oxygens (including phenoxy) is 4. The predicted octanol–water partition coefficient (Wildman–Crippen LogP) is 3.83. The summed E-state index contributed by atoms with van der Waals surface area (Å²) < 4.78 is 21.7. The highest BCUT2D eigenvalue weighted by atomic mass is 16.8. The maximum atomic E-state index is 11.6. The van der Waals surface area contributed by atoms with Crippen molar-refractivity contribution in [3.63, 3.8) is 0 Å². The fraction of sp³-hybridized carbons (Fsp3) is 0.471. The monoisotopic (exact) mass is 304 g/mol. The van der Waals surface area contributed by atoms with Crippen molar-refractivity contribution in [1.82, 2.24) is 0 Å². The first-order chi connectivity index (χ1) is 10.6. The molecule has 1 spiro atoms. The normalized spacial score (nSPS) is 22.8. The Morgan fingerprint density at radius 3 is 2.45 bits per heavy atom. The zero-order valence-electron chi connectivity index (χ0n) is 12.7. The van der Waals surface area contributed by atoms with Gasteiger partial charge in [0.05, 0.1) is 7.11 Å². The van der Waals surface area contributed by atoms with Crippen molar-refractivity contribution in [3.8, 4) is 11.5 Å². The van der Waals surface area contributed by atoms with E-state index in [0.717, 1.165) is 37.9 Å². The quantitative estimate of drug-likeness (QED) is 0.625. The van der Waals surface area contributed by atoms with Crippen LogP contribution in [0.4, 0.5) is 4.79 Å². The molecule has 1 heterocycles. The lowest BCUT2D eigenvalue weighted by Gasteiger charge is -2.34. The summed E-state index contributed by atoms with van der Waals surface area (Å²) in [5.41, 5.74) is -0.612. The summed E-state index contributed by atoms with van der Waals surface area (Å²) in [6.45, 7) is 3.95. The first-order valence-electron chi connectivity index (χ1n) is 7.53. The topological polar surface area (TPSA) is 54.0 Å². The highest BCUT2D eigenvalue weighted by Gasteiger charge is 2.53. The summed E-state index contributed by atoms with van der Waals surface area (Å²) in [6.07, 6.45) is 3.57.